The quantitative estimate of drug-likeness (QED) is 0.340. The van der Waals surface area contributed by atoms with Crippen molar-refractivity contribution < 1.29 is 9.59 Å². The number of aromatic nitrogens is 3. The Bertz CT molecular complexity index is 1110. The summed E-state index contributed by atoms with van der Waals surface area (Å²) in [5, 5.41) is 3.45. The molecular formula is C20H20N4O3S2. The molecule has 0 atom stereocenters. The summed E-state index contributed by atoms with van der Waals surface area (Å²) in [6.45, 7) is 4.99. The Morgan fingerprint density at radius 3 is 2.48 bits per heavy atom. The third-order valence-electron chi connectivity index (χ3n) is 4.13. The van der Waals surface area contributed by atoms with Crippen molar-refractivity contribution in [1.29, 1.82) is 0 Å². The van der Waals surface area contributed by atoms with Gasteiger partial charge in [0.15, 0.2) is 16.1 Å². The number of nitrogens with one attached hydrogen (secondary N) is 2. The van der Waals surface area contributed by atoms with Gasteiger partial charge in [0.05, 0.1) is 16.3 Å². The molecule has 1 amide bonds. The number of ketones is 1. The smallest absolute Gasteiger partial charge is 0.255 e. The molecular weight excluding hydrogens is 408 g/mol. The average Bonchev–Trinajstić information content (AvgIpc) is 3.04. The van der Waals surface area contributed by atoms with Gasteiger partial charge >= 0.3 is 0 Å². The van der Waals surface area contributed by atoms with Crippen molar-refractivity contribution in [2.75, 3.05) is 11.1 Å². The Hall–Kier alpha value is -2.78. The van der Waals surface area contributed by atoms with Crippen molar-refractivity contribution in [3.63, 3.8) is 0 Å². The number of aryl methyl sites for hydroxylation is 2. The van der Waals surface area contributed by atoms with E-state index in [1.807, 2.05) is 30.3 Å². The zero-order chi connectivity index (χ0) is 21.0. The second-order valence-corrected chi connectivity index (χ2v) is 8.39. The summed E-state index contributed by atoms with van der Waals surface area (Å²) in [6, 6.07) is 9.71. The molecule has 7 nitrogen and oxygen atoms in total. The van der Waals surface area contributed by atoms with E-state index in [2.05, 4.69) is 20.3 Å². The first-order valence-corrected chi connectivity index (χ1v) is 10.7. The number of thiazole rings is 1. The lowest BCUT2D eigenvalue weighted by Crippen LogP contribution is -2.19. The molecule has 0 radical (unpaired) electrons. The molecule has 0 unspecified atom stereocenters. The maximum atomic E-state index is 12.5. The molecule has 0 aliphatic rings. The molecule has 2 heterocycles. The van der Waals surface area contributed by atoms with Crippen molar-refractivity contribution in [3.05, 3.63) is 68.1 Å². The van der Waals surface area contributed by atoms with Gasteiger partial charge in [0.1, 0.15) is 0 Å². The zero-order valence-corrected chi connectivity index (χ0v) is 17.9. The van der Waals surface area contributed by atoms with Gasteiger partial charge < -0.3 is 10.3 Å². The van der Waals surface area contributed by atoms with Crippen LogP contribution in [0.4, 0.5) is 5.13 Å². The minimum Gasteiger partial charge on any atom is -0.301 e. The average molecular weight is 429 g/mol. The Kier molecular flexibility index (Phi) is 6.60. The second-order valence-electron chi connectivity index (χ2n) is 6.42. The molecule has 2 N–H and O–H groups in total. The van der Waals surface area contributed by atoms with Crippen LogP contribution in [0.5, 0.6) is 0 Å². The fraction of sp³-hybridized carbons (Fsp3) is 0.250. The molecule has 150 valence electrons. The van der Waals surface area contributed by atoms with Crippen LogP contribution in [0.15, 0.2) is 40.3 Å². The number of H-pyrrole nitrogens is 1. The fourth-order valence-electron chi connectivity index (χ4n) is 2.73. The minimum absolute atomic E-state index is 0.0639. The van der Waals surface area contributed by atoms with E-state index >= 15 is 0 Å². The Labute approximate surface area is 176 Å². The first-order valence-electron chi connectivity index (χ1n) is 8.88. The number of Topliss-reactive ketones (excluding diaryl/α,β-unsaturated/α-hetero) is 1. The van der Waals surface area contributed by atoms with Crippen LogP contribution in [0.1, 0.15) is 39.1 Å². The SMILES string of the molecule is CC(=O)c1sc(NC(=O)CSc2nc(C)c(Cc3ccccc3)c(=O)[nH]2)nc1C. The number of thioether (sulfide) groups is 1. The van der Waals surface area contributed by atoms with Crippen LogP contribution in [0, 0.1) is 13.8 Å². The number of rotatable bonds is 7. The molecule has 0 saturated heterocycles. The number of nitrogens with zero attached hydrogens (tertiary/aromatic N) is 2. The van der Waals surface area contributed by atoms with Gasteiger partial charge in [0.2, 0.25) is 5.91 Å². The number of anilines is 1. The normalized spacial score (nSPS) is 10.7. The van der Waals surface area contributed by atoms with Crippen molar-refractivity contribution in [2.24, 2.45) is 0 Å². The van der Waals surface area contributed by atoms with Crippen LogP contribution in [0.2, 0.25) is 0 Å². The van der Waals surface area contributed by atoms with Crippen molar-refractivity contribution in [1.82, 2.24) is 15.0 Å². The summed E-state index contributed by atoms with van der Waals surface area (Å²) < 4.78 is 0. The third-order valence-corrected chi connectivity index (χ3v) is 6.17. The molecule has 9 heteroatoms. The number of hydrogen-bond acceptors (Lipinski definition) is 7. The molecule has 3 aromatic rings. The monoisotopic (exact) mass is 428 g/mol. The predicted octanol–water partition coefficient (Wildman–Crippen LogP) is 3.37. The lowest BCUT2D eigenvalue weighted by molar-refractivity contribution is -0.113. The van der Waals surface area contributed by atoms with Crippen LogP contribution in [-0.4, -0.2) is 32.4 Å². The predicted molar refractivity (Wildman–Crippen MR) is 115 cm³/mol. The van der Waals surface area contributed by atoms with Gasteiger partial charge in [-0.2, -0.15) is 0 Å². The zero-order valence-electron chi connectivity index (χ0n) is 16.2. The number of amides is 1. The molecule has 0 saturated carbocycles. The summed E-state index contributed by atoms with van der Waals surface area (Å²) in [4.78, 5) is 48.0. The highest BCUT2D eigenvalue weighted by atomic mass is 32.2. The van der Waals surface area contributed by atoms with E-state index in [0.29, 0.717) is 38.5 Å². The number of hydrogen-bond donors (Lipinski definition) is 2. The van der Waals surface area contributed by atoms with Gasteiger partial charge in [-0.25, -0.2) is 9.97 Å². The van der Waals surface area contributed by atoms with E-state index in [4.69, 9.17) is 0 Å². The van der Waals surface area contributed by atoms with Gasteiger partial charge in [-0.1, -0.05) is 53.4 Å². The van der Waals surface area contributed by atoms with Crippen LogP contribution >= 0.6 is 23.1 Å². The molecule has 2 aromatic heterocycles. The van der Waals surface area contributed by atoms with Gasteiger partial charge in [-0.3, -0.25) is 14.4 Å². The Morgan fingerprint density at radius 1 is 1.14 bits per heavy atom. The number of aromatic amines is 1. The van der Waals surface area contributed by atoms with Crippen molar-refractivity contribution in [2.45, 2.75) is 32.3 Å². The van der Waals surface area contributed by atoms with Gasteiger partial charge in [0, 0.05) is 24.6 Å². The summed E-state index contributed by atoms with van der Waals surface area (Å²) in [6.07, 6.45) is 0.502. The highest BCUT2D eigenvalue weighted by Gasteiger charge is 2.15. The summed E-state index contributed by atoms with van der Waals surface area (Å²) in [5.41, 5.74) is 2.68. The molecule has 0 spiro atoms. The second kappa shape index (κ2) is 9.15. The first kappa shape index (κ1) is 20.9. The van der Waals surface area contributed by atoms with Gasteiger partial charge in [-0.15, -0.1) is 0 Å². The van der Waals surface area contributed by atoms with E-state index in [0.717, 1.165) is 28.7 Å². The van der Waals surface area contributed by atoms with Crippen LogP contribution in [-0.2, 0) is 11.2 Å². The lowest BCUT2D eigenvalue weighted by atomic mass is 10.1. The van der Waals surface area contributed by atoms with E-state index < -0.39 is 0 Å². The molecule has 0 fully saturated rings. The topological polar surface area (TPSA) is 105 Å². The highest BCUT2D eigenvalue weighted by Crippen LogP contribution is 2.23. The number of benzene rings is 1. The summed E-state index contributed by atoms with van der Waals surface area (Å²) >= 11 is 2.29. The summed E-state index contributed by atoms with van der Waals surface area (Å²) in [5.74, 6) is -0.302. The van der Waals surface area contributed by atoms with E-state index in [1.54, 1.807) is 13.8 Å². The molecule has 0 aliphatic heterocycles. The van der Waals surface area contributed by atoms with Crippen LogP contribution in [0.25, 0.3) is 0 Å². The van der Waals surface area contributed by atoms with E-state index in [1.165, 1.54) is 6.92 Å². The fourth-order valence-corrected chi connectivity index (χ4v) is 4.31. The third kappa shape index (κ3) is 5.39. The molecule has 0 bridgehead atoms. The number of carbonyl (C=O) groups is 2. The van der Waals surface area contributed by atoms with E-state index in [9.17, 15) is 14.4 Å². The van der Waals surface area contributed by atoms with Gasteiger partial charge in [-0.05, 0) is 19.4 Å². The highest BCUT2D eigenvalue weighted by molar-refractivity contribution is 7.99. The first-order chi connectivity index (χ1) is 13.8. The van der Waals surface area contributed by atoms with Crippen molar-refractivity contribution in [3.8, 4) is 0 Å². The Balaban J connectivity index is 1.63. The number of carbonyl (C=O) groups excluding carboxylic acids is 2. The summed E-state index contributed by atoms with van der Waals surface area (Å²) in [7, 11) is 0. The van der Waals surface area contributed by atoms with Crippen molar-refractivity contribution >= 4 is 39.9 Å². The lowest BCUT2D eigenvalue weighted by Gasteiger charge is -2.07. The maximum absolute atomic E-state index is 12.5. The Morgan fingerprint density at radius 2 is 1.86 bits per heavy atom. The minimum atomic E-state index is -0.285. The molecule has 0 aliphatic carbocycles. The molecule has 1 aromatic carbocycles. The largest absolute Gasteiger partial charge is 0.301 e. The maximum Gasteiger partial charge on any atom is 0.255 e. The van der Waals surface area contributed by atoms with Crippen LogP contribution in [0.3, 0.4) is 0 Å². The molecule has 29 heavy (non-hydrogen) atoms. The van der Waals surface area contributed by atoms with Gasteiger partial charge in [0.25, 0.3) is 5.56 Å². The van der Waals surface area contributed by atoms with Crippen LogP contribution < -0.4 is 10.9 Å². The standard InChI is InChI=1S/C20H20N4O3S2/c1-11-15(9-14-7-5-4-6-8-14)18(27)24-19(21-11)28-10-16(26)23-20-22-12(2)17(29-20)13(3)25/h4-8H,9-10H2,1-3H3,(H,21,24,27)(H,22,23,26). The molecule has 3 rings (SSSR count). The van der Waals surface area contributed by atoms with E-state index in [-0.39, 0.29) is 23.0 Å².